The zero-order chi connectivity index (χ0) is 21.4. The third-order valence-electron chi connectivity index (χ3n) is 10.7. The second-order valence-electron chi connectivity index (χ2n) is 11.7. The molecule has 3 unspecified atom stereocenters. The van der Waals surface area contributed by atoms with Crippen LogP contribution in [0.4, 0.5) is 0 Å². The molecule has 0 aliphatic heterocycles. The average Bonchev–Trinajstić information content (AvgIpc) is 3.05. The number of nitrogens with one attached hydrogen (secondary N) is 1. The summed E-state index contributed by atoms with van der Waals surface area (Å²) in [6.07, 6.45) is 16.1. The van der Waals surface area contributed by atoms with Gasteiger partial charge in [-0.3, -0.25) is 4.79 Å². The standard InChI is InChI=1S/C26H45NO3/c1-25-13-4-3-6-20(25)16-18(12-15-28)24-21-10-9-19(7-5-8-23(30)27-17-29)26(21,2)14-11-22(24)25/h18-22,24,28-29H,3-17H2,1-2H3,(H,27,30)/t18?,19-,20-,21?,22?,24-,25-,26+/m0/s1. The number of amides is 1. The van der Waals surface area contributed by atoms with Crippen LogP contribution in [-0.4, -0.2) is 29.5 Å². The first-order chi connectivity index (χ1) is 14.4. The summed E-state index contributed by atoms with van der Waals surface area (Å²) < 4.78 is 0. The van der Waals surface area contributed by atoms with Crippen molar-refractivity contribution in [2.75, 3.05) is 13.3 Å². The molecule has 3 N–H and O–H groups in total. The number of fused-ring (bicyclic) bond motifs is 5. The molecule has 30 heavy (non-hydrogen) atoms. The van der Waals surface area contributed by atoms with Gasteiger partial charge in [-0.05, 0) is 111 Å². The molecule has 4 saturated carbocycles. The number of hydrogen-bond acceptors (Lipinski definition) is 3. The van der Waals surface area contributed by atoms with Gasteiger partial charge in [-0.2, -0.15) is 0 Å². The number of carbonyl (C=O) groups excluding carboxylic acids is 1. The Morgan fingerprint density at radius 3 is 2.53 bits per heavy atom. The predicted molar refractivity (Wildman–Crippen MR) is 119 cm³/mol. The molecular formula is C26H45NO3. The zero-order valence-electron chi connectivity index (χ0n) is 19.4. The third-order valence-corrected chi connectivity index (χ3v) is 10.7. The number of aliphatic hydroxyl groups excluding tert-OH is 2. The van der Waals surface area contributed by atoms with E-state index in [1.54, 1.807) is 0 Å². The maximum absolute atomic E-state index is 11.8. The highest BCUT2D eigenvalue weighted by Gasteiger charge is 2.61. The largest absolute Gasteiger partial charge is 0.396 e. The molecule has 0 radical (unpaired) electrons. The maximum atomic E-state index is 11.8. The van der Waals surface area contributed by atoms with Gasteiger partial charge in [0.15, 0.2) is 0 Å². The molecule has 0 spiro atoms. The van der Waals surface area contributed by atoms with Crippen molar-refractivity contribution in [2.45, 2.75) is 97.3 Å². The summed E-state index contributed by atoms with van der Waals surface area (Å²) in [7, 11) is 0. The third kappa shape index (κ3) is 3.85. The van der Waals surface area contributed by atoms with Crippen molar-refractivity contribution < 1.29 is 15.0 Å². The number of rotatable bonds is 7. The van der Waals surface area contributed by atoms with Gasteiger partial charge in [-0.1, -0.05) is 26.7 Å². The van der Waals surface area contributed by atoms with Crippen LogP contribution in [0.5, 0.6) is 0 Å². The molecule has 1 amide bonds. The van der Waals surface area contributed by atoms with Crippen LogP contribution in [-0.2, 0) is 4.79 Å². The van der Waals surface area contributed by atoms with Gasteiger partial charge in [0.1, 0.15) is 6.73 Å². The number of aliphatic hydroxyl groups is 2. The van der Waals surface area contributed by atoms with Gasteiger partial charge in [-0.25, -0.2) is 0 Å². The van der Waals surface area contributed by atoms with E-state index < -0.39 is 0 Å². The summed E-state index contributed by atoms with van der Waals surface area (Å²) in [5.41, 5.74) is 0.955. The van der Waals surface area contributed by atoms with Gasteiger partial charge in [0, 0.05) is 13.0 Å². The van der Waals surface area contributed by atoms with Crippen molar-refractivity contribution in [1.82, 2.24) is 5.32 Å². The molecule has 0 heterocycles. The number of hydrogen-bond donors (Lipinski definition) is 3. The Hall–Kier alpha value is -0.610. The van der Waals surface area contributed by atoms with E-state index in [9.17, 15) is 9.90 Å². The SMILES string of the molecule is C[C@]12CCC3[C@@H](C(CCO)C[C@@H]4CCCC[C@]34C)C1CC[C@@H]2CCCC(=O)NCO. The highest BCUT2D eigenvalue weighted by Crippen LogP contribution is 2.69. The van der Waals surface area contributed by atoms with E-state index in [0.717, 1.165) is 54.8 Å². The summed E-state index contributed by atoms with van der Waals surface area (Å²) in [5.74, 6) is 4.79. The summed E-state index contributed by atoms with van der Waals surface area (Å²) >= 11 is 0. The summed E-state index contributed by atoms with van der Waals surface area (Å²) in [4.78, 5) is 11.8. The van der Waals surface area contributed by atoms with E-state index in [2.05, 4.69) is 19.2 Å². The molecule has 4 nitrogen and oxygen atoms in total. The average molecular weight is 420 g/mol. The molecular weight excluding hydrogens is 374 g/mol. The second kappa shape index (κ2) is 9.10. The smallest absolute Gasteiger partial charge is 0.221 e. The highest BCUT2D eigenvalue weighted by molar-refractivity contribution is 5.75. The van der Waals surface area contributed by atoms with Crippen molar-refractivity contribution >= 4 is 5.91 Å². The molecule has 8 atom stereocenters. The van der Waals surface area contributed by atoms with Gasteiger partial charge in [-0.15, -0.1) is 0 Å². The highest BCUT2D eigenvalue weighted by atomic mass is 16.3. The van der Waals surface area contributed by atoms with Crippen molar-refractivity contribution in [3.8, 4) is 0 Å². The van der Waals surface area contributed by atoms with Gasteiger partial charge in [0.2, 0.25) is 5.91 Å². The van der Waals surface area contributed by atoms with Crippen LogP contribution in [0.2, 0.25) is 0 Å². The minimum Gasteiger partial charge on any atom is -0.396 e. The Balaban J connectivity index is 1.50. The fraction of sp³-hybridized carbons (Fsp3) is 0.962. The van der Waals surface area contributed by atoms with Crippen molar-refractivity contribution in [3.63, 3.8) is 0 Å². The molecule has 0 aromatic carbocycles. The molecule has 4 fully saturated rings. The van der Waals surface area contributed by atoms with Crippen molar-refractivity contribution in [2.24, 2.45) is 46.3 Å². The fourth-order valence-electron chi connectivity index (χ4n) is 9.19. The summed E-state index contributed by atoms with van der Waals surface area (Å²) in [5, 5.41) is 21.3. The molecule has 4 aliphatic carbocycles. The quantitative estimate of drug-likeness (QED) is 0.515. The molecule has 172 valence electrons. The fourth-order valence-corrected chi connectivity index (χ4v) is 9.19. The normalized spacial score (nSPS) is 45.3. The minimum atomic E-state index is -0.253. The monoisotopic (exact) mass is 419 g/mol. The van der Waals surface area contributed by atoms with E-state index in [1.807, 2.05) is 0 Å². The maximum Gasteiger partial charge on any atom is 0.221 e. The van der Waals surface area contributed by atoms with E-state index in [0.29, 0.717) is 23.9 Å². The van der Waals surface area contributed by atoms with E-state index in [4.69, 9.17) is 5.11 Å². The van der Waals surface area contributed by atoms with Crippen molar-refractivity contribution in [1.29, 1.82) is 0 Å². The van der Waals surface area contributed by atoms with Crippen LogP contribution in [0.15, 0.2) is 0 Å². The van der Waals surface area contributed by atoms with Crippen LogP contribution in [0.1, 0.15) is 97.3 Å². The van der Waals surface area contributed by atoms with Gasteiger partial charge >= 0.3 is 0 Å². The lowest BCUT2D eigenvalue weighted by Crippen LogP contribution is -2.56. The molecule has 0 bridgehead atoms. The van der Waals surface area contributed by atoms with Gasteiger partial charge in [0.05, 0.1) is 0 Å². The van der Waals surface area contributed by atoms with E-state index in [1.165, 1.54) is 57.8 Å². The van der Waals surface area contributed by atoms with Crippen LogP contribution in [0.3, 0.4) is 0 Å². The first-order valence-electron chi connectivity index (χ1n) is 12.9. The Morgan fingerprint density at radius 2 is 1.77 bits per heavy atom. The van der Waals surface area contributed by atoms with E-state index in [-0.39, 0.29) is 12.6 Å². The first-order valence-corrected chi connectivity index (χ1v) is 12.9. The first kappa shape index (κ1) is 22.6. The summed E-state index contributed by atoms with van der Waals surface area (Å²) in [6, 6.07) is 0. The van der Waals surface area contributed by atoms with Gasteiger partial charge in [0.25, 0.3) is 0 Å². The van der Waals surface area contributed by atoms with Crippen LogP contribution in [0, 0.1) is 46.3 Å². The lowest BCUT2D eigenvalue weighted by atomic mass is 9.42. The molecule has 4 heteroatoms. The predicted octanol–water partition coefficient (Wildman–Crippen LogP) is 4.88. The van der Waals surface area contributed by atoms with Gasteiger partial charge < -0.3 is 15.5 Å². The summed E-state index contributed by atoms with van der Waals surface area (Å²) in [6.45, 7) is 5.31. The number of carbonyl (C=O) groups is 1. The molecule has 4 rings (SSSR count). The topological polar surface area (TPSA) is 69.6 Å². The molecule has 0 aromatic rings. The Bertz CT molecular complexity index is 609. The Kier molecular flexibility index (Phi) is 6.85. The Morgan fingerprint density at radius 1 is 0.967 bits per heavy atom. The van der Waals surface area contributed by atoms with Crippen LogP contribution >= 0.6 is 0 Å². The zero-order valence-corrected chi connectivity index (χ0v) is 19.4. The Labute approximate surface area is 183 Å². The van der Waals surface area contributed by atoms with E-state index >= 15 is 0 Å². The molecule has 0 aromatic heterocycles. The van der Waals surface area contributed by atoms with Crippen LogP contribution < -0.4 is 5.32 Å². The minimum absolute atomic E-state index is 0.0209. The van der Waals surface area contributed by atoms with Crippen LogP contribution in [0.25, 0.3) is 0 Å². The molecule has 4 aliphatic rings. The lowest BCUT2D eigenvalue weighted by molar-refractivity contribution is -0.141. The second-order valence-corrected chi connectivity index (χ2v) is 11.7. The van der Waals surface area contributed by atoms with Crippen molar-refractivity contribution in [3.05, 3.63) is 0 Å². The lowest BCUT2D eigenvalue weighted by Gasteiger charge is -2.63. The molecule has 0 saturated heterocycles.